The molecule has 1 unspecified atom stereocenters. The number of fused-ring (bicyclic) bond motifs is 1. The first kappa shape index (κ1) is 16.5. The van der Waals surface area contributed by atoms with Gasteiger partial charge in [-0.25, -0.2) is 9.78 Å². The highest BCUT2D eigenvalue weighted by atomic mass is 32.1. The number of nitrogens with zero attached hydrogens (tertiary/aromatic N) is 1. The molecule has 4 nitrogen and oxygen atoms in total. The van der Waals surface area contributed by atoms with Crippen LogP contribution >= 0.6 is 11.3 Å². The zero-order valence-corrected chi connectivity index (χ0v) is 12.9. The zero-order chi connectivity index (χ0) is 16.7. The SMILES string of the molecule is CC(C)(C)C(OC(=O)O)c1nc2cc(C(F)(F)F)ccc2s1. The molecule has 0 radical (unpaired) electrons. The molecule has 0 amide bonds. The van der Waals surface area contributed by atoms with E-state index in [1.54, 1.807) is 20.8 Å². The highest BCUT2D eigenvalue weighted by Gasteiger charge is 2.34. The van der Waals surface area contributed by atoms with Crippen LogP contribution in [0.4, 0.5) is 18.0 Å². The van der Waals surface area contributed by atoms with Crippen molar-refractivity contribution in [2.75, 3.05) is 0 Å². The zero-order valence-electron chi connectivity index (χ0n) is 12.1. The number of carbonyl (C=O) groups is 1. The first-order valence-corrected chi connectivity index (χ1v) is 7.17. The maximum absolute atomic E-state index is 12.7. The number of hydrogen-bond acceptors (Lipinski definition) is 4. The fraction of sp³-hybridized carbons (Fsp3) is 0.429. The Bertz CT molecular complexity index is 703. The molecule has 8 heteroatoms. The second-order valence-corrected chi connectivity index (χ2v) is 6.92. The number of ether oxygens (including phenoxy) is 1. The number of thiazole rings is 1. The molecule has 1 heterocycles. The van der Waals surface area contributed by atoms with Crippen molar-refractivity contribution in [3.63, 3.8) is 0 Å². The topological polar surface area (TPSA) is 59.4 Å². The molecule has 1 aromatic heterocycles. The molecule has 0 fully saturated rings. The Hall–Kier alpha value is -1.83. The fourth-order valence-electron chi connectivity index (χ4n) is 1.93. The van der Waals surface area contributed by atoms with Gasteiger partial charge in [0, 0.05) is 5.41 Å². The molecule has 0 aliphatic rings. The molecular formula is C14H14F3NO3S. The summed E-state index contributed by atoms with van der Waals surface area (Å²) in [6, 6.07) is 3.27. The van der Waals surface area contributed by atoms with Crippen LogP contribution in [-0.2, 0) is 10.9 Å². The van der Waals surface area contributed by atoms with Gasteiger partial charge in [0.15, 0.2) is 6.10 Å². The number of aromatic nitrogens is 1. The maximum atomic E-state index is 12.7. The van der Waals surface area contributed by atoms with E-state index in [9.17, 15) is 18.0 Å². The predicted molar refractivity (Wildman–Crippen MR) is 75.9 cm³/mol. The average molecular weight is 333 g/mol. The predicted octanol–water partition coefficient (Wildman–Crippen LogP) is 5.10. The molecule has 0 bridgehead atoms. The molecule has 0 spiro atoms. The highest BCUT2D eigenvalue weighted by Crippen LogP contribution is 2.40. The van der Waals surface area contributed by atoms with Crippen LogP contribution in [0.1, 0.15) is 37.4 Å². The molecule has 1 atom stereocenters. The lowest BCUT2D eigenvalue weighted by Gasteiger charge is -2.27. The number of halogens is 3. The van der Waals surface area contributed by atoms with Gasteiger partial charge in [0.05, 0.1) is 15.8 Å². The van der Waals surface area contributed by atoms with E-state index in [1.807, 2.05) is 0 Å². The molecule has 0 saturated heterocycles. The number of hydrogen-bond donors (Lipinski definition) is 1. The Morgan fingerprint density at radius 1 is 1.32 bits per heavy atom. The van der Waals surface area contributed by atoms with Gasteiger partial charge in [-0.05, 0) is 18.2 Å². The number of rotatable bonds is 2. The van der Waals surface area contributed by atoms with Crippen LogP contribution in [0.5, 0.6) is 0 Å². The molecular weight excluding hydrogens is 319 g/mol. The highest BCUT2D eigenvalue weighted by molar-refractivity contribution is 7.18. The molecule has 2 aromatic rings. The van der Waals surface area contributed by atoms with Gasteiger partial charge in [0.1, 0.15) is 5.01 Å². The summed E-state index contributed by atoms with van der Waals surface area (Å²) in [5.74, 6) is 0. The van der Waals surface area contributed by atoms with Crippen LogP contribution in [0.15, 0.2) is 18.2 Å². The van der Waals surface area contributed by atoms with Crippen molar-refractivity contribution in [3.05, 3.63) is 28.8 Å². The van der Waals surface area contributed by atoms with Gasteiger partial charge in [-0.1, -0.05) is 20.8 Å². The summed E-state index contributed by atoms with van der Waals surface area (Å²) in [4.78, 5) is 15.0. The summed E-state index contributed by atoms with van der Waals surface area (Å²) in [6.45, 7) is 5.31. The van der Waals surface area contributed by atoms with Crippen molar-refractivity contribution in [2.24, 2.45) is 5.41 Å². The summed E-state index contributed by atoms with van der Waals surface area (Å²) in [5, 5.41) is 9.18. The van der Waals surface area contributed by atoms with Crippen LogP contribution in [0.2, 0.25) is 0 Å². The van der Waals surface area contributed by atoms with E-state index >= 15 is 0 Å². The summed E-state index contributed by atoms with van der Waals surface area (Å²) in [6.07, 6.45) is -6.74. The Labute approximate surface area is 128 Å². The molecule has 22 heavy (non-hydrogen) atoms. The van der Waals surface area contributed by atoms with Crippen LogP contribution in [0, 0.1) is 5.41 Å². The summed E-state index contributed by atoms with van der Waals surface area (Å²) in [7, 11) is 0. The van der Waals surface area contributed by atoms with E-state index in [4.69, 9.17) is 9.84 Å². The summed E-state index contributed by atoms with van der Waals surface area (Å²) in [5.41, 5.74) is -1.18. The Morgan fingerprint density at radius 2 is 1.95 bits per heavy atom. The van der Waals surface area contributed by atoms with Gasteiger partial charge in [-0.3, -0.25) is 0 Å². The lowest BCUT2D eigenvalue weighted by atomic mass is 9.89. The van der Waals surface area contributed by atoms with Crippen molar-refractivity contribution in [1.82, 2.24) is 4.98 Å². The lowest BCUT2D eigenvalue weighted by molar-refractivity contribution is -0.137. The molecule has 1 N–H and O–H groups in total. The summed E-state index contributed by atoms with van der Waals surface area (Å²) >= 11 is 1.13. The van der Waals surface area contributed by atoms with E-state index in [1.165, 1.54) is 6.07 Å². The minimum Gasteiger partial charge on any atom is -0.450 e. The number of alkyl halides is 3. The minimum atomic E-state index is -4.45. The third-order valence-corrected chi connectivity index (χ3v) is 4.04. The Kier molecular flexibility index (Phi) is 4.08. The van der Waals surface area contributed by atoms with Crippen molar-refractivity contribution in [2.45, 2.75) is 33.1 Å². The average Bonchev–Trinajstić information content (AvgIpc) is 2.75. The fourth-order valence-corrected chi connectivity index (χ4v) is 3.16. The standard InChI is InChI=1S/C14H14F3NO3S/c1-13(2,3)10(21-12(19)20)11-18-8-6-7(14(15,16)17)4-5-9(8)22-11/h4-6,10H,1-3H3,(H,19,20). The van der Waals surface area contributed by atoms with E-state index < -0.39 is 29.4 Å². The van der Waals surface area contributed by atoms with E-state index in [0.29, 0.717) is 9.71 Å². The van der Waals surface area contributed by atoms with Crippen LogP contribution in [0.25, 0.3) is 10.2 Å². The minimum absolute atomic E-state index is 0.179. The van der Waals surface area contributed by atoms with Gasteiger partial charge >= 0.3 is 12.3 Å². The smallest absolute Gasteiger partial charge is 0.450 e. The van der Waals surface area contributed by atoms with Gasteiger partial charge in [-0.15, -0.1) is 11.3 Å². The Balaban J connectivity index is 2.49. The third kappa shape index (κ3) is 3.49. The second kappa shape index (κ2) is 5.42. The van der Waals surface area contributed by atoms with Crippen molar-refractivity contribution >= 4 is 27.7 Å². The first-order valence-electron chi connectivity index (χ1n) is 6.36. The third-order valence-electron chi connectivity index (χ3n) is 2.96. The first-order chi connectivity index (χ1) is 9.98. The molecule has 2 rings (SSSR count). The molecule has 0 aliphatic carbocycles. The Morgan fingerprint density at radius 3 is 2.45 bits per heavy atom. The van der Waals surface area contributed by atoms with Gasteiger partial charge < -0.3 is 9.84 Å². The van der Waals surface area contributed by atoms with Gasteiger partial charge in [0.25, 0.3) is 0 Å². The summed E-state index contributed by atoms with van der Waals surface area (Å²) < 4.78 is 43.6. The maximum Gasteiger partial charge on any atom is 0.506 e. The lowest BCUT2D eigenvalue weighted by Crippen LogP contribution is -2.23. The van der Waals surface area contributed by atoms with Crippen molar-refractivity contribution in [3.8, 4) is 0 Å². The number of benzene rings is 1. The van der Waals surface area contributed by atoms with Gasteiger partial charge in [0.2, 0.25) is 0 Å². The number of carboxylic acid groups (broad SMARTS) is 1. The largest absolute Gasteiger partial charge is 0.506 e. The van der Waals surface area contributed by atoms with Crippen molar-refractivity contribution in [1.29, 1.82) is 0 Å². The molecule has 0 aliphatic heterocycles. The van der Waals surface area contributed by atoms with E-state index in [-0.39, 0.29) is 5.52 Å². The second-order valence-electron chi connectivity index (χ2n) is 5.86. The molecule has 1 aromatic carbocycles. The van der Waals surface area contributed by atoms with Crippen molar-refractivity contribution < 1.29 is 27.8 Å². The van der Waals surface area contributed by atoms with E-state index in [2.05, 4.69) is 4.98 Å². The van der Waals surface area contributed by atoms with Gasteiger partial charge in [-0.2, -0.15) is 13.2 Å². The van der Waals surface area contributed by atoms with Crippen LogP contribution in [-0.4, -0.2) is 16.2 Å². The molecule has 120 valence electrons. The normalized spacial score (nSPS) is 14.1. The van der Waals surface area contributed by atoms with Crippen LogP contribution in [0.3, 0.4) is 0 Å². The van der Waals surface area contributed by atoms with Crippen LogP contribution < -0.4 is 0 Å². The quantitative estimate of drug-likeness (QED) is 0.777. The van der Waals surface area contributed by atoms with E-state index in [0.717, 1.165) is 23.5 Å². The monoisotopic (exact) mass is 333 g/mol. The molecule has 0 saturated carbocycles.